The molecule has 0 saturated carbocycles. The monoisotopic (exact) mass is 204 g/mol. The highest BCUT2D eigenvalue weighted by Gasteiger charge is 2.15. The molecule has 15 heavy (non-hydrogen) atoms. The summed E-state index contributed by atoms with van der Waals surface area (Å²) in [5.74, 6) is 0.847. The average Bonchev–Trinajstić information content (AvgIpc) is 2.17. The molecule has 0 aromatic heterocycles. The minimum Gasteiger partial charge on any atom is -0.382 e. The van der Waals surface area contributed by atoms with Crippen molar-refractivity contribution in [3.63, 3.8) is 0 Å². The lowest BCUT2D eigenvalue weighted by Crippen LogP contribution is -2.21. The van der Waals surface area contributed by atoms with Gasteiger partial charge < -0.3 is 10.3 Å². The Labute approximate surface area is 86.7 Å². The van der Waals surface area contributed by atoms with Crippen molar-refractivity contribution in [2.24, 2.45) is 7.05 Å². The van der Waals surface area contributed by atoms with Crippen LogP contribution in [0.25, 0.3) is 11.5 Å². The molecule has 2 rings (SSSR count). The molecule has 2 heterocycles. The van der Waals surface area contributed by atoms with E-state index < -0.39 is 0 Å². The number of aromatic nitrogens is 4. The highest BCUT2D eigenvalue weighted by molar-refractivity contribution is 5.64. The van der Waals surface area contributed by atoms with Crippen LogP contribution in [0, 0.1) is 19.3 Å². The summed E-state index contributed by atoms with van der Waals surface area (Å²) in [6, 6.07) is 0. The van der Waals surface area contributed by atoms with Gasteiger partial charge >= 0.3 is 0 Å². The van der Waals surface area contributed by atoms with Crippen molar-refractivity contribution in [3.05, 3.63) is 17.0 Å². The summed E-state index contributed by atoms with van der Waals surface area (Å²) >= 11 is 0. The molecule has 2 aliphatic rings. The maximum Gasteiger partial charge on any atom is 0.245 e. The largest absolute Gasteiger partial charge is 0.382 e. The number of aryl methyl sites for hydroxylation is 1. The second kappa shape index (κ2) is 3.01. The highest BCUT2D eigenvalue weighted by Crippen LogP contribution is 2.21. The number of rotatable bonds is 0. The number of anilines is 1. The van der Waals surface area contributed by atoms with Gasteiger partial charge in [0, 0.05) is 12.7 Å². The van der Waals surface area contributed by atoms with Gasteiger partial charge in [0.15, 0.2) is 11.6 Å². The van der Waals surface area contributed by atoms with Crippen LogP contribution in [-0.2, 0) is 7.05 Å². The molecule has 0 aromatic carbocycles. The van der Waals surface area contributed by atoms with Crippen molar-refractivity contribution in [1.82, 2.24) is 19.5 Å². The molecule has 6 nitrogen and oxygen atoms in total. The third-order valence-electron chi connectivity index (χ3n) is 2.52. The molecule has 2 aliphatic heterocycles. The van der Waals surface area contributed by atoms with Crippen molar-refractivity contribution in [3.8, 4) is 11.5 Å². The Balaban J connectivity index is 2.98. The van der Waals surface area contributed by atoms with Gasteiger partial charge in [-0.1, -0.05) is 0 Å². The zero-order valence-electron chi connectivity index (χ0n) is 8.87. The zero-order chi connectivity index (χ0) is 11.2. The van der Waals surface area contributed by atoms with Crippen LogP contribution in [0.5, 0.6) is 0 Å². The summed E-state index contributed by atoms with van der Waals surface area (Å²) in [5, 5.41) is 7.40. The Morgan fingerprint density at radius 1 is 1.20 bits per heavy atom. The van der Waals surface area contributed by atoms with Crippen LogP contribution in [0.3, 0.4) is 0 Å². The van der Waals surface area contributed by atoms with Gasteiger partial charge in [0.2, 0.25) is 5.62 Å². The van der Waals surface area contributed by atoms with Crippen molar-refractivity contribution < 1.29 is 0 Å². The first kappa shape index (κ1) is 9.57. The van der Waals surface area contributed by atoms with E-state index in [1.807, 2.05) is 25.5 Å². The van der Waals surface area contributed by atoms with E-state index in [0.717, 1.165) is 11.4 Å². The molecule has 0 radical (unpaired) electrons. The number of nitrogens with two attached hydrogens (primary N) is 1. The maximum atomic E-state index is 7.40. The average molecular weight is 204 g/mol. The molecule has 3 N–H and O–H groups in total. The molecular formula is C9H12N6. The predicted molar refractivity (Wildman–Crippen MR) is 55.2 cm³/mol. The first-order valence-electron chi connectivity index (χ1n) is 4.52. The maximum absolute atomic E-state index is 7.40. The van der Waals surface area contributed by atoms with Gasteiger partial charge in [-0.3, -0.25) is 5.41 Å². The first-order valence-corrected chi connectivity index (χ1v) is 4.52. The van der Waals surface area contributed by atoms with Gasteiger partial charge in [-0.2, -0.15) is 9.97 Å². The second-order valence-electron chi connectivity index (χ2n) is 3.45. The lowest BCUT2D eigenvalue weighted by atomic mass is 10.2. The Morgan fingerprint density at radius 2 is 1.87 bits per heavy atom. The van der Waals surface area contributed by atoms with Gasteiger partial charge in [0.1, 0.15) is 5.69 Å². The predicted octanol–water partition coefficient (Wildman–Crippen LogP) is -0.00659. The summed E-state index contributed by atoms with van der Waals surface area (Å²) in [6.07, 6.45) is 0. The van der Waals surface area contributed by atoms with Crippen LogP contribution < -0.4 is 11.4 Å². The molecule has 0 aliphatic carbocycles. The van der Waals surface area contributed by atoms with E-state index in [4.69, 9.17) is 11.1 Å². The lowest BCUT2D eigenvalue weighted by Gasteiger charge is -2.15. The van der Waals surface area contributed by atoms with E-state index in [-0.39, 0.29) is 11.4 Å². The van der Waals surface area contributed by atoms with E-state index in [1.54, 1.807) is 0 Å². The van der Waals surface area contributed by atoms with E-state index in [1.165, 1.54) is 0 Å². The fourth-order valence-corrected chi connectivity index (χ4v) is 1.45. The molecule has 0 fully saturated rings. The summed E-state index contributed by atoms with van der Waals surface area (Å²) in [6.45, 7) is 3.85. The third-order valence-corrected chi connectivity index (χ3v) is 2.52. The van der Waals surface area contributed by atoms with Gasteiger partial charge in [-0.05, 0) is 13.8 Å². The van der Waals surface area contributed by atoms with Gasteiger partial charge in [0.05, 0.1) is 5.69 Å². The van der Waals surface area contributed by atoms with Crippen LogP contribution in [-0.4, -0.2) is 19.5 Å². The van der Waals surface area contributed by atoms with Crippen molar-refractivity contribution >= 4 is 5.82 Å². The Kier molecular flexibility index (Phi) is 1.92. The molecular weight excluding hydrogens is 192 g/mol. The SMILES string of the molecule is Cc1nc2c(N)nc(=N)nc-2n(C)c1C. The number of hydrogen-bond donors (Lipinski definition) is 2. The minimum atomic E-state index is -0.0827. The number of fused-ring (bicyclic) bond motifs is 1. The molecule has 0 aromatic rings. The lowest BCUT2D eigenvalue weighted by molar-refractivity contribution is 0.783. The van der Waals surface area contributed by atoms with Crippen LogP contribution in [0.2, 0.25) is 0 Å². The topological polar surface area (TPSA) is 93.5 Å². The Morgan fingerprint density at radius 3 is 2.53 bits per heavy atom. The third kappa shape index (κ3) is 1.34. The molecule has 0 saturated heterocycles. The van der Waals surface area contributed by atoms with E-state index in [9.17, 15) is 0 Å². The van der Waals surface area contributed by atoms with E-state index in [0.29, 0.717) is 11.5 Å². The number of nitrogens with one attached hydrogen (secondary N) is 1. The fourth-order valence-electron chi connectivity index (χ4n) is 1.45. The zero-order valence-corrected chi connectivity index (χ0v) is 8.87. The molecule has 78 valence electrons. The van der Waals surface area contributed by atoms with Gasteiger partial charge in [-0.15, -0.1) is 0 Å². The van der Waals surface area contributed by atoms with Crippen LogP contribution in [0.15, 0.2) is 0 Å². The minimum absolute atomic E-state index is 0.0827. The second-order valence-corrected chi connectivity index (χ2v) is 3.45. The number of nitrogen functional groups attached to an aromatic ring is 1. The molecule has 6 heteroatoms. The van der Waals surface area contributed by atoms with Gasteiger partial charge in [0.25, 0.3) is 0 Å². The number of hydrogen-bond acceptors (Lipinski definition) is 5. The molecule has 0 amide bonds. The van der Waals surface area contributed by atoms with Crippen LogP contribution in [0.4, 0.5) is 5.82 Å². The quantitative estimate of drug-likeness (QED) is 0.631. The van der Waals surface area contributed by atoms with E-state index in [2.05, 4.69) is 15.0 Å². The molecule has 0 atom stereocenters. The highest BCUT2D eigenvalue weighted by atomic mass is 15.1. The number of nitrogens with zero attached hydrogens (tertiary/aromatic N) is 4. The normalized spacial score (nSPS) is 10.9. The fraction of sp³-hybridized carbons (Fsp3) is 0.333. The summed E-state index contributed by atoms with van der Waals surface area (Å²) < 4.78 is 1.87. The smallest absolute Gasteiger partial charge is 0.245 e. The first-order chi connectivity index (χ1) is 7.00. The van der Waals surface area contributed by atoms with Crippen molar-refractivity contribution in [2.45, 2.75) is 13.8 Å². The summed E-state index contributed by atoms with van der Waals surface area (Å²) in [7, 11) is 1.87. The van der Waals surface area contributed by atoms with Gasteiger partial charge in [-0.25, -0.2) is 4.98 Å². The molecule has 0 unspecified atom stereocenters. The van der Waals surface area contributed by atoms with Crippen molar-refractivity contribution in [1.29, 1.82) is 5.41 Å². The summed E-state index contributed by atoms with van der Waals surface area (Å²) in [5.41, 5.74) is 8.05. The summed E-state index contributed by atoms with van der Waals surface area (Å²) in [4.78, 5) is 12.1. The Bertz CT molecular complexity index is 556. The molecule has 0 spiro atoms. The van der Waals surface area contributed by atoms with Crippen LogP contribution in [0.1, 0.15) is 11.4 Å². The Hall–Kier alpha value is -1.98. The molecule has 0 bridgehead atoms. The standard InChI is InChI=1S/C9H12N6/c1-4-5(2)15(3)8-6(12-4)7(10)13-9(11)14-8/h1-3H3,(H3,10,11,13). The van der Waals surface area contributed by atoms with Crippen molar-refractivity contribution in [2.75, 3.05) is 5.73 Å². The van der Waals surface area contributed by atoms with E-state index >= 15 is 0 Å². The van der Waals surface area contributed by atoms with Crippen LogP contribution >= 0.6 is 0 Å².